The molecule has 0 amide bonds. The fourth-order valence-electron chi connectivity index (χ4n) is 2.02. The van der Waals surface area contributed by atoms with Gasteiger partial charge in [0.05, 0.1) is 5.02 Å². The van der Waals surface area contributed by atoms with Crippen LogP contribution in [-0.2, 0) is 5.41 Å². The van der Waals surface area contributed by atoms with Gasteiger partial charge < -0.3 is 10.8 Å². The van der Waals surface area contributed by atoms with Crippen LogP contribution in [0.15, 0.2) is 12.1 Å². The van der Waals surface area contributed by atoms with Gasteiger partial charge in [-0.05, 0) is 31.4 Å². The Morgan fingerprint density at radius 2 is 2.13 bits per heavy atom. The summed E-state index contributed by atoms with van der Waals surface area (Å²) in [5, 5.41) is 9.43. The molecule has 4 heteroatoms. The van der Waals surface area contributed by atoms with E-state index in [0.29, 0.717) is 5.56 Å². The molecule has 0 radical (unpaired) electrons. The van der Waals surface area contributed by atoms with E-state index in [1.807, 2.05) is 6.92 Å². The zero-order valence-corrected chi connectivity index (χ0v) is 9.18. The highest BCUT2D eigenvalue weighted by Crippen LogP contribution is 2.52. The minimum atomic E-state index is -0.424. The summed E-state index contributed by atoms with van der Waals surface area (Å²) in [7, 11) is 0. The number of phenolic OH excluding ortho intramolecular Hbond substituents is 1. The maximum atomic E-state index is 13.7. The van der Waals surface area contributed by atoms with Gasteiger partial charge in [-0.1, -0.05) is 11.6 Å². The van der Waals surface area contributed by atoms with Crippen molar-refractivity contribution >= 4 is 11.6 Å². The van der Waals surface area contributed by atoms with Crippen molar-refractivity contribution in [2.75, 3.05) is 0 Å². The van der Waals surface area contributed by atoms with Gasteiger partial charge in [0.25, 0.3) is 0 Å². The summed E-state index contributed by atoms with van der Waals surface area (Å²) in [6, 6.07) is 2.44. The summed E-state index contributed by atoms with van der Waals surface area (Å²) in [5.41, 5.74) is 6.10. The van der Waals surface area contributed by atoms with Crippen LogP contribution in [0.2, 0.25) is 5.02 Å². The Morgan fingerprint density at radius 3 is 2.60 bits per heavy atom. The second-order valence-electron chi connectivity index (χ2n) is 4.23. The number of benzene rings is 1. The lowest BCUT2D eigenvalue weighted by atomic mass is 9.89. The maximum Gasteiger partial charge on any atom is 0.137 e. The molecule has 1 saturated carbocycles. The van der Waals surface area contributed by atoms with Crippen LogP contribution < -0.4 is 5.73 Å². The molecule has 0 saturated heterocycles. The van der Waals surface area contributed by atoms with E-state index < -0.39 is 5.82 Å². The molecule has 1 atom stereocenters. The number of aromatic hydroxyl groups is 1. The second-order valence-corrected chi connectivity index (χ2v) is 4.64. The van der Waals surface area contributed by atoms with E-state index in [-0.39, 0.29) is 22.2 Å². The molecule has 1 aromatic rings. The van der Waals surface area contributed by atoms with Crippen LogP contribution in [0.5, 0.6) is 5.75 Å². The first-order valence-electron chi connectivity index (χ1n) is 4.91. The Bertz CT molecular complexity index is 402. The number of hydrogen-bond acceptors (Lipinski definition) is 2. The number of phenols is 1. The van der Waals surface area contributed by atoms with Crippen LogP contribution in [0, 0.1) is 5.82 Å². The van der Waals surface area contributed by atoms with E-state index in [1.54, 1.807) is 0 Å². The van der Waals surface area contributed by atoms with Gasteiger partial charge in [-0.15, -0.1) is 0 Å². The SMILES string of the molecule is CC(N)C1(c2cc(Cl)c(O)cc2F)CC1. The fourth-order valence-corrected chi connectivity index (χ4v) is 2.19. The lowest BCUT2D eigenvalue weighted by Gasteiger charge is -2.21. The van der Waals surface area contributed by atoms with Crippen LogP contribution in [0.4, 0.5) is 4.39 Å². The monoisotopic (exact) mass is 229 g/mol. The smallest absolute Gasteiger partial charge is 0.137 e. The molecular weight excluding hydrogens is 217 g/mol. The van der Waals surface area contributed by atoms with Crippen molar-refractivity contribution in [1.82, 2.24) is 0 Å². The summed E-state index contributed by atoms with van der Waals surface area (Å²) in [6.07, 6.45) is 1.76. The highest BCUT2D eigenvalue weighted by atomic mass is 35.5. The van der Waals surface area contributed by atoms with Gasteiger partial charge in [-0.2, -0.15) is 0 Å². The van der Waals surface area contributed by atoms with E-state index >= 15 is 0 Å². The van der Waals surface area contributed by atoms with Gasteiger partial charge in [0.1, 0.15) is 11.6 Å². The topological polar surface area (TPSA) is 46.2 Å². The fraction of sp³-hybridized carbons (Fsp3) is 0.455. The van der Waals surface area contributed by atoms with Gasteiger partial charge in [0.15, 0.2) is 0 Å². The van der Waals surface area contributed by atoms with Crippen LogP contribution in [-0.4, -0.2) is 11.1 Å². The highest BCUT2D eigenvalue weighted by Gasteiger charge is 2.49. The normalized spacial score (nSPS) is 20.0. The molecule has 0 heterocycles. The Morgan fingerprint density at radius 1 is 1.53 bits per heavy atom. The number of halogens is 2. The van der Waals surface area contributed by atoms with Gasteiger partial charge in [0.2, 0.25) is 0 Å². The summed E-state index contributed by atoms with van der Waals surface area (Å²) in [5.74, 6) is -0.648. The Kier molecular flexibility index (Phi) is 2.40. The quantitative estimate of drug-likeness (QED) is 0.819. The van der Waals surface area contributed by atoms with E-state index in [9.17, 15) is 9.50 Å². The summed E-state index contributed by atoms with van der Waals surface area (Å²) in [6.45, 7) is 1.87. The predicted molar refractivity (Wildman–Crippen MR) is 57.6 cm³/mol. The highest BCUT2D eigenvalue weighted by molar-refractivity contribution is 6.32. The molecule has 2 rings (SSSR count). The minimum Gasteiger partial charge on any atom is -0.506 e. The Hall–Kier alpha value is -0.800. The van der Waals surface area contributed by atoms with Gasteiger partial charge in [-0.3, -0.25) is 0 Å². The van der Waals surface area contributed by atoms with Gasteiger partial charge in [0, 0.05) is 17.5 Å². The average Bonchev–Trinajstić information content (AvgIpc) is 2.92. The summed E-state index contributed by atoms with van der Waals surface area (Å²) in [4.78, 5) is 0. The van der Waals surface area contributed by atoms with Crippen molar-refractivity contribution in [2.45, 2.75) is 31.2 Å². The third kappa shape index (κ3) is 1.60. The second kappa shape index (κ2) is 3.35. The van der Waals surface area contributed by atoms with E-state index in [2.05, 4.69) is 0 Å². The molecule has 15 heavy (non-hydrogen) atoms. The van der Waals surface area contributed by atoms with Crippen molar-refractivity contribution in [3.05, 3.63) is 28.5 Å². The van der Waals surface area contributed by atoms with Gasteiger partial charge >= 0.3 is 0 Å². The maximum absolute atomic E-state index is 13.7. The van der Waals surface area contributed by atoms with E-state index in [4.69, 9.17) is 17.3 Å². The average molecular weight is 230 g/mol. The van der Waals surface area contributed by atoms with Crippen LogP contribution >= 0.6 is 11.6 Å². The Balaban J connectivity index is 2.49. The van der Waals surface area contributed by atoms with Crippen molar-refractivity contribution < 1.29 is 9.50 Å². The molecule has 0 aromatic heterocycles. The molecule has 0 aliphatic heterocycles. The first kappa shape index (κ1) is 10.7. The lowest BCUT2D eigenvalue weighted by Crippen LogP contribution is -2.32. The van der Waals surface area contributed by atoms with Crippen LogP contribution in [0.3, 0.4) is 0 Å². The van der Waals surface area contributed by atoms with Crippen molar-refractivity contribution in [1.29, 1.82) is 0 Å². The largest absolute Gasteiger partial charge is 0.506 e. The lowest BCUT2D eigenvalue weighted by molar-refractivity contribution is 0.461. The molecule has 0 bridgehead atoms. The molecule has 1 fully saturated rings. The zero-order valence-electron chi connectivity index (χ0n) is 8.43. The predicted octanol–water partition coefficient (Wildman–Crippen LogP) is 2.56. The molecule has 0 spiro atoms. The molecule has 1 aromatic carbocycles. The summed E-state index contributed by atoms with van der Waals surface area (Å²) < 4.78 is 13.7. The number of nitrogens with two attached hydrogens (primary N) is 1. The Labute approximate surface area is 92.9 Å². The first-order valence-corrected chi connectivity index (χ1v) is 5.29. The molecule has 3 N–H and O–H groups in total. The van der Waals surface area contributed by atoms with Crippen molar-refractivity contribution in [3.8, 4) is 5.75 Å². The van der Waals surface area contributed by atoms with Crippen LogP contribution in [0.25, 0.3) is 0 Å². The molecule has 82 valence electrons. The molecule has 2 nitrogen and oxygen atoms in total. The van der Waals surface area contributed by atoms with Crippen LogP contribution in [0.1, 0.15) is 25.3 Å². The van der Waals surface area contributed by atoms with Crippen molar-refractivity contribution in [2.24, 2.45) is 5.73 Å². The number of hydrogen-bond donors (Lipinski definition) is 2. The standard InChI is InChI=1S/C11H13ClFNO/c1-6(14)11(2-3-11)7-4-8(12)10(15)5-9(7)13/h4-6,15H,2-3,14H2,1H3. The molecule has 1 unspecified atom stereocenters. The number of rotatable bonds is 2. The summed E-state index contributed by atoms with van der Waals surface area (Å²) >= 11 is 5.77. The third-order valence-electron chi connectivity index (χ3n) is 3.23. The molecular formula is C11H13ClFNO. The van der Waals surface area contributed by atoms with E-state index in [0.717, 1.165) is 18.9 Å². The van der Waals surface area contributed by atoms with Gasteiger partial charge in [-0.25, -0.2) is 4.39 Å². The molecule has 1 aliphatic carbocycles. The van der Waals surface area contributed by atoms with Crippen molar-refractivity contribution in [3.63, 3.8) is 0 Å². The zero-order chi connectivity index (χ0) is 11.2. The first-order chi connectivity index (χ1) is 6.97. The minimum absolute atomic E-state index is 0.104. The third-order valence-corrected chi connectivity index (χ3v) is 3.54. The van der Waals surface area contributed by atoms with E-state index in [1.165, 1.54) is 6.07 Å². The molecule has 1 aliphatic rings.